The Morgan fingerprint density at radius 3 is 2.75 bits per heavy atom. The molecule has 0 atom stereocenters. The van der Waals surface area contributed by atoms with E-state index in [-0.39, 0.29) is 5.82 Å². The van der Waals surface area contributed by atoms with Gasteiger partial charge in [0.25, 0.3) is 0 Å². The maximum Gasteiger partial charge on any atom is 0.203 e. The zero-order valence-electron chi connectivity index (χ0n) is 13.1. The fourth-order valence-corrected chi connectivity index (χ4v) is 2.90. The Morgan fingerprint density at radius 2 is 2.00 bits per heavy atom. The monoisotopic (exact) mass is 362 g/mol. The summed E-state index contributed by atoms with van der Waals surface area (Å²) in [6.07, 6.45) is 1.67. The highest BCUT2D eigenvalue weighted by Crippen LogP contribution is 2.15. The van der Waals surface area contributed by atoms with Gasteiger partial charge in [0.2, 0.25) is 4.77 Å². The quantitative estimate of drug-likeness (QED) is 0.633. The van der Waals surface area contributed by atoms with Crippen molar-refractivity contribution < 1.29 is 4.39 Å². The predicted molar refractivity (Wildman–Crippen MR) is 95.3 cm³/mol. The lowest BCUT2D eigenvalue weighted by Crippen LogP contribution is -2.22. The lowest BCUT2D eigenvalue weighted by atomic mass is 10.2. The van der Waals surface area contributed by atoms with E-state index in [1.54, 1.807) is 21.6 Å². The molecule has 0 fully saturated rings. The van der Waals surface area contributed by atoms with Crippen LogP contribution < -0.4 is 0 Å². The van der Waals surface area contributed by atoms with Gasteiger partial charge in [-0.05, 0) is 55.2 Å². The molecule has 0 amide bonds. The topological polar surface area (TPSA) is 26.0 Å². The van der Waals surface area contributed by atoms with Gasteiger partial charge in [-0.3, -0.25) is 9.47 Å². The third-order valence-corrected chi connectivity index (χ3v) is 4.18. The van der Waals surface area contributed by atoms with Gasteiger partial charge in [-0.1, -0.05) is 29.8 Å². The first kappa shape index (κ1) is 16.8. The third kappa shape index (κ3) is 3.90. The van der Waals surface area contributed by atoms with Crippen LogP contribution in [0.5, 0.6) is 0 Å². The first-order valence-corrected chi connectivity index (χ1v) is 8.15. The Labute approximate surface area is 149 Å². The molecule has 2 aromatic carbocycles. The van der Waals surface area contributed by atoms with Crippen molar-refractivity contribution in [1.29, 1.82) is 0 Å². The van der Waals surface area contributed by atoms with E-state index in [4.69, 9.17) is 23.8 Å². The van der Waals surface area contributed by atoms with Crippen LogP contribution in [-0.2, 0) is 13.2 Å². The van der Waals surface area contributed by atoms with Crippen LogP contribution in [-0.4, -0.2) is 26.3 Å². The minimum absolute atomic E-state index is 0.234. The average Bonchev–Trinajstić information content (AvgIpc) is 2.88. The van der Waals surface area contributed by atoms with E-state index >= 15 is 0 Å². The Bertz CT molecular complexity index is 905. The van der Waals surface area contributed by atoms with E-state index in [1.807, 2.05) is 42.3 Å². The Morgan fingerprint density at radius 1 is 1.21 bits per heavy atom. The minimum Gasteiger partial charge on any atom is -0.283 e. The van der Waals surface area contributed by atoms with Gasteiger partial charge in [-0.25, -0.2) is 9.07 Å². The number of hydrogen-bond donors (Lipinski definition) is 0. The van der Waals surface area contributed by atoms with Crippen LogP contribution in [0.25, 0.3) is 5.69 Å². The van der Waals surface area contributed by atoms with Gasteiger partial charge in [-0.2, -0.15) is 5.10 Å². The van der Waals surface area contributed by atoms with Gasteiger partial charge in [-0.15, -0.1) is 0 Å². The summed E-state index contributed by atoms with van der Waals surface area (Å²) in [5, 5.41) is 4.98. The van der Waals surface area contributed by atoms with Gasteiger partial charge < -0.3 is 0 Å². The van der Waals surface area contributed by atoms with Crippen molar-refractivity contribution in [2.75, 3.05) is 7.05 Å². The molecular formula is C17H16ClFN4S. The fourth-order valence-electron chi connectivity index (χ4n) is 2.46. The fraction of sp³-hybridized carbons (Fsp3) is 0.176. The number of aromatic nitrogens is 3. The summed E-state index contributed by atoms with van der Waals surface area (Å²) in [5.41, 5.74) is 1.77. The number of nitrogens with zero attached hydrogens (tertiary/aromatic N) is 4. The molecule has 0 saturated carbocycles. The van der Waals surface area contributed by atoms with Gasteiger partial charge in [0, 0.05) is 11.6 Å². The normalized spacial score (nSPS) is 11.2. The summed E-state index contributed by atoms with van der Waals surface area (Å²) in [6, 6.07) is 14.0. The van der Waals surface area contributed by atoms with Crippen molar-refractivity contribution >= 4 is 23.8 Å². The molecule has 7 heteroatoms. The molecule has 1 heterocycles. The standard InChI is InChI=1S/C17H16ClFN4S/c1-21(10-13-4-2-6-15(19)8-13)12-23-17(24)22(11-20-23)16-7-3-5-14(18)9-16/h2-9,11H,10,12H2,1H3. The molecule has 3 aromatic rings. The second-order valence-corrected chi connectivity index (χ2v) is 6.35. The molecule has 3 rings (SSSR count). The molecule has 24 heavy (non-hydrogen) atoms. The van der Waals surface area contributed by atoms with Gasteiger partial charge in [0.1, 0.15) is 12.1 Å². The molecule has 0 aliphatic rings. The average molecular weight is 363 g/mol. The summed E-state index contributed by atoms with van der Waals surface area (Å²) >= 11 is 11.5. The number of halogens is 2. The van der Waals surface area contributed by atoms with Crippen molar-refractivity contribution in [2.45, 2.75) is 13.2 Å². The molecule has 0 aliphatic carbocycles. The third-order valence-electron chi connectivity index (χ3n) is 3.54. The van der Waals surface area contributed by atoms with Gasteiger partial charge in [0.15, 0.2) is 0 Å². The molecule has 0 saturated heterocycles. The van der Waals surface area contributed by atoms with Crippen molar-refractivity contribution in [3.8, 4) is 5.69 Å². The summed E-state index contributed by atoms with van der Waals surface area (Å²) in [4.78, 5) is 2.01. The molecule has 124 valence electrons. The Hall–Kier alpha value is -2.02. The van der Waals surface area contributed by atoms with E-state index in [2.05, 4.69) is 5.10 Å². The summed E-state index contributed by atoms with van der Waals surface area (Å²) < 4.78 is 17.4. The molecule has 1 aromatic heterocycles. The first-order valence-electron chi connectivity index (χ1n) is 7.36. The second-order valence-electron chi connectivity index (χ2n) is 5.55. The molecule has 0 spiro atoms. The van der Waals surface area contributed by atoms with E-state index < -0.39 is 0 Å². The van der Waals surface area contributed by atoms with Crippen LogP contribution in [0.2, 0.25) is 5.02 Å². The van der Waals surface area contributed by atoms with E-state index in [0.717, 1.165) is 11.3 Å². The zero-order valence-corrected chi connectivity index (χ0v) is 14.6. The molecule has 0 aliphatic heterocycles. The summed E-state index contributed by atoms with van der Waals surface area (Å²) in [6.45, 7) is 1.10. The zero-order chi connectivity index (χ0) is 17.1. The highest BCUT2D eigenvalue weighted by atomic mass is 35.5. The minimum atomic E-state index is -0.234. The molecule has 4 nitrogen and oxygen atoms in total. The molecule has 0 bridgehead atoms. The van der Waals surface area contributed by atoms with E-state index in [1.165, 1.54) is 12.1 Å². The highest BCUT2D eigenvalue weighted by Gasteiger charge is 2.08. The molecule has 0 unspecified atom stereocenters. The SMILES string of the molecule is CN(Cc1cccc(F)c1)Cn1ncn(-c2cccc(Cl)c2)c1=S. The van der Waals surface area contributed by atoms with E-state index in [0.29, 0.717) is 23.0 Å². The van der Waals surface area contributed by atoms with Crippen LogP contribution in [0.4, 0.5) is 4.39 Å². The van der Waals surface area contributed by atoms with Crippen LogP contribution >= 0.6 is 23.8 Å². The van der Waals surface area contributed by atoms with Crippen molar-refractivity contribution in [3.63, 3.8) is 0 Å². The highest BCUT2D eigenvalue weighted by molar-refractivity contribution is 7.71. The number of rotatable bonds is 5. The van der Waals surface area contributed by atoms with Crippen LogP contribution in [0.1, 0.15) is 5.56 Å². The summed E-state index contributed by atoms with van der Waals surface area (Å²) in [7, 11) is 1.94. The maximum absolute atomic E-state index is 13.3. The van der Waals surface area contributed by atoms with Crippen molar-refractivity contribution in [3.05, 3.63) is 76.0 Å². The van der Waals surface area contributed by atoms with Crippen molar-refractivity contribution in [2.24, 2.45) is 0 Å². The van der Waals surface area contributed by atoms with Gasteiger partial charge in [0.05, 0.1) is 12.4 Å². The maximum atomic E-state index is 13.3. The number of benzene rings is 2. The lowest BCUT2D eigenvalue weighted by Gasteiger charge is -2.16. The Balaban J connectivity index is 1.75. The van der Waals surface area contributed by atoms with E-state index in [9.17, 15) is 4.39 Å². The largest absolute Gasteiger partial charge is 0.283 e. The van der Waals surface area contributed by atoms with Crippen LogP contribution in [0, 0.1) is 10.6 Å². The lowest BCUT2D eigenvalue weighted by molar-refractivity contribution is 0.244. The van der Waals surface area contributed by atoms with Crippen LogP contribution in [0.15, 0.2) is 54.9 Å². The molecule has 0 N–H and O–H groups in total. The van der Waals surface area contributed by atoms with Crippen LogP contribution in [0.3, 0.4) is 0 Å². The predicted octanol–water partition coefficient (Wildman–Crippen LogP) is 4.29. The first-order chi connectivity index (χ1) is 11.5. The smallest absolute Gasteiger partial charge is 0.203 e. The Kier molecular flexibility index (Phi) is 5.08. The second kappa shape index (κ2) is 7.25. The van der Waals surface area contributed by atoms with Crippen molar-refractivity contribution in [1.82, 2.24) is 19.2 Å². The molecular weight excluding hydrogens is 347 g/mol. The van der Waals surface area contributed by atoms with Gasteiger partial charge >= 0.3 is 0 Å². The summed E-state index contributed by atoms with van der Waals surface area (Å²) in [5.74, 6) is -0.234. The number of hydrogen-bond acceptors (Lipinski definition) is 3. The molecule has 0 radical (unpaired) electrons.